The first kappa shape index (κ1) is 15.2. The molecule has 1 aromatic carbocycles. The molecule has 1 heterocycles. The van der Waals surface area contributed by atoms with E-state index in [2.05, 4.69) is 26.2 Å². The van der Waals surface area contributed by atoms with Crippen LogP contribution in [0.2, 0.25) is 0 Å². The van der Waals surface area contributed by atoms with Gasteiger partial charge in [-0.3, -0.25) is 4.79 Å². The molecule has 108 valence electrons. The lowest BCUT2D eigenvalue weighted by molar-refractivity contribution is -0.143. The van der Waals surface area contributed by atoms with Gasteiger partial charge in [-0.25, -0.2) is 9.78 Å². The highest BCUT2D eigenvalue weighted by molar-refractivity contribution is 9.10. The molecule has 1 amide bonds. The smallest absolute Gasteiger partial charge is 0.333 e. The van der Waals surface area contributed by atoms with Crippen molar-refractivity contribution in [2.45, 2.75) is 6.04 Å². The highest BCUT2D eigenvalue weighted by Gasteiger charge is 2.23. The van der Waals surface area contributed by atoms with E-state index in [4.69, 9.17) is 4.74 Å². The molecular weight excluding hydrogens is 336 g/mol. The first-order chi connectivity index (χ1) is 10.1. The van der Waals surface area contributed by atoms with Crippen molar-refractivity contribution in [3.8, 4) is 0 Å². The number of pyridine rings is 1. The van der Waals surface area contributed by atoms with E-state index >= 15 is 0 Å². The number of carbonyl (C=O) groups excluding carboxylic acids is 2. The summed E-state index contributed by atoms with van der Waals surface area (Å²) in [7, 11) is 1.28. The third kappa shape index (κ3) is 3.88. The molecule has 5 nitrogen and oxygen atoms in total. The van der Waals surface area contributed by atoms with E-state index in [0.29, 0.717) is 15.7 Å². The van der Waals surface area contributed by atoms with Crippen molar-refractivity contribution in [3.63, 3.8) is 0 Å². The Morgan fingerprint density at radius 2 is 1.90 bits per heavy atom. The van der Waals surface area contributed by atoms with E-state index in [1.165, 1.54) is 13.3 Å². The van der Waals surface area contributed by atoms with Crippen LogP contribution in [0.3, 0.4) is 0 Å². The van der Waals surface area contributed by atoms with Gasteiger partial charge in [0.25, 0.3) is 5.91 Å². The molecular formula is C15H13BrN2O3. The maximum absolute atomic E-state index is 12.2. The van der Waals surface area contributed by atoms with Gasteiger partial charge in [-0.2, -0.15) is 0 Å². The monoisotopic (exact) mass is 348 g/mol. The van der Waals surface area contributed by atoms with Crippen LogP contribution in [0.1, 0.15) is 22.0 Å². The Bertz CT molecular complexity index is 629. The second kappa shape index (κ2) is 6.99. The quantitative estimate of drug-likeness (QED) is 0.680. The van der Waals surface area contributed by atoms with E-state index in [1.54, 1.807) is 36.4 Å². The number of aromatic nitrogens is 1. The SMILES string of the molecule is COC(=O)C(NC(=O)c1ccc(Br)nc1)c1ccccc1. The van der Waals surface area contributed by atoms with Crippen molar-refractivity contribution in [2.75, 3.05) is 7.11 Å². The zero-order valence-electron chi connectivity index (χ0n) is 11.2. The Kier molecular flexibility index (Phi) is 5.05. The minimum atomic E-state index is -0.854. The molecule has 0 radical (unpaired) electrons. The van der Waals surface area contributed by atoms with E-state index in [0.717, 1.165) is 0 Å². The molecule has 6 heteroatoms. The van der Waals surface area contributed by atoms with E-state index in [1.807, 2.05) is 6.07 Å². The minimum absolute atomic E-state index is 0.364. The zero-order chi connectivity index (χ0) is 15.2. The summed E-state index contributed by atoms with van der Waals surface area (Å²) < 4.78 is 5.38. The van der Waals surface area contributed by atoms with Gasteiger partial charge >= 0.3 is 5.97 Å². The fourth-order valence-corrected chi connectivity index (χ4v) is 2.00. The topological polar surface area (TPSA) is 68.3 Å². The number of benzene rings is 1. The predicted octanol–water partition coefficient (Wildman–Crippen LogP) is 2.49. The van der Waals surface area contributed by atoms with E-state index in [9.17, 15) is 9.59 Å². The summed E-state index contributed by atoms with van der Waals surface area (Å²) in [6.07, 6.45) is 1.43. The summed E-state index contributed by atoms with van der Waals surface area (Å²) in [5.74, 6) is -0.922. The molecule has 1 atom stereocenters. The fourth-order valence-electron chi connectivity index (χ4n) is 1.77. The molecule has 2 aromatic rings. The average Bonchev–Trinajstić information content (AvgIpc) is 2.53. The number of hydrogen-bond acceptors (Lipinski definition) is 4. The maximum atomic E-state index is 12.2. The van der Waals surface area contributed by atoms with Gasteiger partial charge < -0.3 is 10.1 Å². The summed E-state index contributed by atoms with van der Waals surface area (Å²) in [6.45, 7) is 0. The number of esters is 1. The number of halogens is 1. The number of rotatable bonds is 4. The van der Waals surface area contributed by atoms with Crippen LogP contribution in [0.25, 0.3) is 0 Å². The van der Waals surface area contributed by atoms with Crippen LogP contribution in [0.15, 0.2) is 53.3 Å². The molecule has 0 spiro atoms. The van der Waals surface area contributed by atoms with Gasteiger partial charge in [-0.05, 0) is 33.6 Å². The van der Waals surface area contributed by atoms with Crippen LogP contribution in [0.4, 0.5) is 0 Å². The first-order valence-electron chi connectivity index (χ1n) is 6.17. The molecule has 0 aliphatic carbocycles. The summed E-state index contributed by atoms with van der Waals surface area (Å²) in [5.41, 5.74) is 1.02. The number of carbonyl (C=O) groups is 2. The largest absolute Gasteiger partial charge is 0.467 e. The standard InChI is InChI=1S/C15H13BrN2O3/c1-21-15(20)13(10-5-3-2-4-6-10)18-14(19)11-7-8-12(16)17-9-11/h2-9,13H,1H3,(H,18,19). The summed E-state index contributed by atoms with van der Waals surface area (Å²) in [5, 5.41) is 2.65. The van der Waals surface area contributed by atoms with Crippen LogP contribution in [0, 0.1) is 0 Å². The Balaban J connectivity index is 2.21. The van der Waals surface area contributed by atoms with Gasteiger partial charge in [0.05, 0.1) is 12.7 Å². The van der Waals surface area contributed by atoms with Crippen LogP contribution in [-0.4, -0.2) is 24.0 Å². The van der Waals surface area contributed by atoms with Gasteiger partial charge in [0.2, 0.25) is 0 Å². The van der Waals surface area contributed by atoms with Crippen molar-refractivity contribution in [1.29, 1.82) is 0 Å². The third-order valence-corrected chi connectivity index (χ3v) is 3.30. The number of amides is 1. The van der Waals surface area contributed by atoms with Gasteiger partial charge in [0, 0.05) is 6.20 Å². The number of hydrogen-bond donors (Lipinski definition) is 1. The van der Waals surface area contributed by atoms with Crippen molar-refractivity contribution in [2.24, 2.45) is 0 Å². The first-order valence-corrected chi connectivity index (χ1v) is 6.96. The molecule has 2 rings (SSSR count). The molecule has 1 unspecified atom stereocenters. The van der Waals surface area contributed by atoms with Gasteiger partial charge in [0.1, 0.15) is 4.60 Å². The summed E-state index contributed by atoms with van der Waals surface area (Å²) >= 11 is 3.20. The minimum Gasteiger partial charge on any atom is -0.467 e. The fraction of sp³-hybridized carbons (Fsp3) is 0.133. The Hall–Kier alpha value is -2.21. The van der Waals surface area contributed by atoms with E-state index < -0.39 is 17.9 Å². The van der Waals surface area contributed by atoms with Gasteiger partial charge in [0.15, 0.2) is 6.04 Å². The highest BCUT2D eigenvalue weighted by Crippen LogP contribution is 2.15. The number of nitrogens with zero attached hydrogens (tertiary/aromatic N) is 1. The molecule has 0 saturated heterocycles. The van der Waals surface area contributed by atoms with Crippen LogP contribution in [-0.2, 0) is 9.53 Å². The molecule has 0 saturated carbocycles. The number of methoxy groups -OCH3 is 1. The second-order valence-electron chi connectivity index (χ2n) is 4.21. The van der Waals surface area contributed by atoms with Crippen LogP contribution < -0.4 is 5.32 Å². The molecule has 0 bridgehead atoms. The van der Waals surface area contributed by atoms with Crippen molar-refractivity contribution >= 4 is 27.8 Å². The van der Waals surface area contributed by atoms with Crippen molar-refractivity contribution in [3.05, 3.63) is 64.4 Å². The van der Waals surface area contributed by atoms with E-state index in [-0.39, 0.29) is 0 Å². The summed E-state index contributed by atoms with van der Waals surface area (Å²) in [4.78, 5) is 28.0. The number of nitrogens with one attached hydrogen (secondary N) is 1. The normalized spacial score (nSPS) is 11.5. The van der Waals surface area contributed by atoms with Crippen molar-refractivity contribution in [1.82, 2.24) is 10.3 Å². The molecule has 0 aliphatic rings. The lowest BCUT2D eigenvalue weighted by atomic mass is 10.1. The molecule has 21 heavy (non-hydrogen) atoms. The lowest BCUT2D eigenvalue weighted by Gasteiger charge is -2.16. The van der Waals surface area contributed by atoms with Crippen molar-refractivity contribution < 1.29 is 14.3 Å². The lowest BCUT2D eigenvalue weighted by Crippen LogP contribution is -2.34. The molecule has 1 N–H and O–H groups in total. The number of ether oxygens (including phenoxy) is 1. The van der Waals surface area contributed by atoms with Crippen LogP contribution >= 0.6 is 15.9 Å². The molecule has 0 fully saturated rings. The highest BCUT2D eigenvalue weighted by atomic mass is 79.9. The molecule has 0 aliphatic heterocycles. The third-order valence-electron chi connectivity index (χ3n) is 2.83. The Morgan fingerprint density at radius 3 is 2.48 bits per heavy atom. The summed E-state index contributed by atoms with van der Waals surface area (Å²) in [6, 6.07) is 11.3. The Labute approximate surface area is 130 Å². The van der Waals surface area contributed by atoms with Gasteiger partial charge in [-0.1, -0.05) is 30.3 Å². The Morgan fingerprint density at radius 1 is 1.19 bits per heavy atom. The van der Waals surface area contributed by atoms with Gasteiger partial charge in [-0.15, -0.1) is 0 Å². The zero-order valence-corrected chi connectivity index (χ0v) is 12.8. The predicted molar refractivity (Wildman–Crippen MR) is 80.6 cm³/mol. The average molecular weight is 349 g/mol. The molecule has 1 aromatic heterocycles. The van der Waals surface area contributed by atoms with Crippen LogP contribution in [0.5, 0.6) is 0 Å². The second-order valence-corrected chi connectivity index (χ2v) is 5.02. The maximum Gasteiger partial charge on any atom is 0.333 e.